The molecule has 2 heterocycles. The fraction of sp³-hybridized carbons (Fsp3) is 0.440. The Labute approximate surface area is 188 Å². The third-order valence-electron chi connectivity index (χ3n) is 5.16. The predicted octanol–water partition coefficient (Wildman–Crippen LogP) is 4.50. The van der Waals surface area contributed by atoms with Crippen LogP contribution >= 0.6 is 0 Å². The molecular weight excluding hydrogens is 404 g/mol. The molecule has 0 aliphatic rings. The standard InChI is InChI=1S/C25H32N4O3/c1-6-20(17-11-8-7-9-12-17)29-23-18(15-16-21(26-5)28-23)27-19(24(29)31)13-10-14-22(30)32-25(2,3)4/h7-9,11-12,15-16,20H,6,10,13-14H2,1-5H3,(H,26,28)/t20-/m0/s1. The summed E-state index contributed by atoms with van der Waals surface area (Å²) in [7, 11) is 1.80. The fourth-order valence-electron chi connectivity index (χ4n) is 3.76. The van der Waals surface area contributed by atoms with E-state index in [9.17, 15) is 9.59 Å². The van der Waals surface area contributed by atoms with E-state index >= 15 is 0 Å². The molecule has 170 valence electrons. The van der Waals surface area contributed by atoms with Crippen LogP contribution in [0.25, 0.3) is 11.2 Å². The summed E-state index contributed by atoms with van der Waals surface area (Å²) in [6, 6.07) is 13.5. The molecule has 0 fully saturated rings. The second kappa shape index (κ2) is 9.94. The SMILES string of the molecule is CC[C@@H](c1ccccc1)n1c(=O)c(CCCC(=O)OC(C)(C)C)nc2ccc(NC)nc21. The average molecular weight is 437 g/mol. The van der Waals surface area contributed by atoms with Gasteiger partial charge in [-0.15, -0.1) is 0 Å². The van der Waals surface area contributed by atoms with Crippen molar-refractivity contribution in [1.82, 2.24) is 14.5 Å². The van der Waals surface area contributed by atoms with E-state index in [1.165, 1.54) is 0 Å². The molecule has 0 saturated carbocycles. The Morgan fingerprint density at radius 3 is 2.47 bits per heavy atom. The fourth-order valence-corrected chi connectivity index (χ4v) is 3.76. The smallest absolute Gasteiger partial charge is 0.306 e. The number of hydrogen-bond acceptors (Lipinski definition) is 6. The molecule has 0 unspecified atom stereocenters. The van der Waals surface area contributed by atoms with Gasteiger partial charge in [-0.25, -0.2) is 9.97 Å². The maximum Gasteiger partial charge on any atom is 0.306 e. The van der Waals surface area contributed by atoms with Crippen molar-refractivity contribution in [3.8, 4) is 0 Å². The van der Waals surface area contributed by atoms with E-state index in [1.807, 2.05) is 63.2 Å². The number of aromatic nitrogens is 3. The van der Waals surface area contributed by atoms with Gasteiger partial charge in [0.15, 0.2) is 5.65 Å². The minimum Gasteiger partial charge on any atom is -0.460 e. The third-order valence-corrected chi connectivity index (χ3v) is 5.16. The van der Waals surface area contributed by atoms with Gasteiger partial charge in [-0.2, -0.15) is 0 Å². The topological polar surface area (TPSA) is 86.1 Å². The summed E-state index contributed by atoms with van der Waals surface area (Å²) in [4.78, 5) is 34.9. The number of benzene rings is 1. The number of ether oxygens (including phenoxy) is 1. The minimum absolute atomic E-state index is 0.168. The van der Waals surface area contributed by atoms with Gasteiger partial charge >= 0.3 is 5.97 Å². The Kier molecular flexibility index (Phi) is 7.28. The molecular formula is C25H32N4O3. The maximum atomic E-state index is 13.6. The molecule has 32 heavy (non-hydrogen) atoms. The molecule has 1 atom stereocenters. The van der Waals surface area contributed by atoms with E-state index in [4.69, 9.17) is 4.74 Å². The Morgan fingerprint density at radius 2 is 1.84 bits per heavy atom. The Morgan fingerprint density at radius 1 is 1.12 bits per heavy atom. The van der Waals surface area contributed by atoms with E-state index in [0.717, 1.165) is 12.0 Å². The van der Waals surface area contributed by atoms with Crippen molar-refractivity contribution in [3.05, 3.63) is 64.1 Å². The number of fused-ring (bicyclic) bond motifs is 1. The number of pyridine rings is 1. The highest BCUT2D eigenvalue weighted by Gasteiger charge is 2.21. The van der Waals surface area contributed by atoms with E-state index in [-0.39, 0.29) is 24.0 Å². The Bertz CT molecular complexity index is 1130. The lowest BCUT2D eigenvalue weighted by Crippen LogP contribution is -2.30. The van der Waals surface area contributed by atoms with Gasteiger partial charge in [0.2, 0.25) is 0 Å². The summed E-state index contributed by atoms with van der Waals surface area (Å²) in [6.07, 6.45) is 1.86. The Balaban J connectivity index is 2.01. The summed E-state index contributed by atoms with van der Waals surface area (Å²) in [5.74, 6) is 0.405. The van der Waals surface area contributed by atoms with E-state index in [2.05, 4.69) is 22.2 Å². The average Bonchev–Trinajstić information content (AvgIpc) is 2.75. The van der Waals surface area contributed by atoms with Crippen LogP contribution in [0.4, 0.5) is 5.82 Å². The van der Waals surface area contributed by atoms with Crippen molar-refractivity contribution >= 4 is 23.0 Å². The van der Waals surface area contributed by atoms with Gasteiger partial charge in [0.05, 0.1) is 6.04 Å². The van der Waals surface area contributed by atoms with Gasteiger partial charge < -0.3 is 10.1 Å². The van der Waals surface area contributed by atoms with E-state index in [0.29, 0.717) is 35.5 Å². The number of hydrogen-bond donors (Lipinski definition) is 1. The van der Waals surface area contributed by atoms with E-state index < -0.39 is 5.60 Å². The van der Waals surface area contributed by atoms with Crippen LogP contribution in [0.1, 0.15) is 64.3 Å². The van der Waals surface area contributed by atoms with Crippen LogP contribution in [-0.4, -0.2) is 33.2 Å². The maximum absolute atomic E-state index is 13.6. The van der Waals surface area contributed by atoms with Crippen molar-refractivity contribution < 1.29 is 9.53 Å². The van der Waals surface area contributed by atoms with Crippen molar-refractivity contribution in [2.75, 3.05) is 12.4 Å². The summed E-state index contributed by atoms with van der Waals surface area (Å²) in [6.45, 7) is 7.58. The van der Waals surface area contributed by atoms with Crippen molar-refractivity contribution in [3.63, 3.8) is 0 Å². The van der Waals surface area contributed by atoms with Crippen LogP contribution in [0, 0.1) is 0 Å². The summed E-state index contributed by atoms with van der Waals surface area (Å²) in [5, 5.41) is 3.04. The number of anilines is 1. The highest BCUT2D eigenvalue weighted by molar-refractivity contribution is 5.73. The molecule has 2 aromatic heterocycles. The molecule has 0 bridgehead atoms. The molecule has 7 nitrogen and oxygen atoms in total. The second-order valence-corrected chi connectivity index (χ2v) is 8.80. The number of carbonyl (C=O) groups excluding carboxylic acids is 1. The lowest BCUT2D eigenvalue weighted by molar-refractivity contribution is -0.154. The van der Waals surface area contributed by atoms with Crippen LogP contribution in [0.3, 0.4) is 0 Å². The highest BCUT2D eigenvalue weighted by atomic mass is 16.6. The largest absolute Gasteiger partial charge is 0.460 e. The van der Waals surface area contributed by atoms with Crippen LogP contribution in [-0.2, 0) is 16.0 Å². The molecule has 7 heteroatoms. The van der Waals surface area contributed by atoms with E-state index in [1.54, 1.807) is 11.6 Å². The van der Waals surface area contributed by atoms with Gasteiger partial charge in [-0.1, -0.05) is 37.3 Å². The molecule has 1 N–H and O–H groups in total. The normalized spacial score (nSPS) is 12.5. The zero-order valence-corrected chi connectivity index (χ0v) is 19.5. The minimum atomic E-state index is -0.522. The number of aryl methyl sites for hydroxylation is 1. The lowest BCUT2D eigenvalue weighted by Gasteiger charge is -2.22. The summed E-state index contributed by atoms with van der Waals surface area (Å²) < 4.78 is 7.13. The van der Waals surface area contributed by atoms with Gasteiger partial charge in [-0.05, 0) is 57.7 Å². The molecule has 0 spiro atoms. The molecule has 0 radical (unpaired) electrons. The van der Waals surface area contributed by atoms with Crippen molar-refractivity contribution in [2.45, 2.75) is 65.0 Å². The van der Waals surface area contributed by atoms with Crippen molar-refractivity contribution in [2.24, 2.45) is 0 Å². The van der Waals surface area contributed by atoms with Crippen LogP contribution < -0.4 is 10.9 Å². The van der Waals surface area contributed by atoms with Gasteiger partial charge in [0.25, 0.3) is 5.56 Å². The van der Waals surface area contributed by atoms with Crippen LogP contribution in [0.15, 0.2) is 47.3 Å². The lowest BCUT2D eigenvalue weighted by atomic mass is 10.0. The molecule has 3 aromatic rings. The first-order valence-electron chi connectivity index (χ1n) is 11.1. The van der Waals surface area contributed by atoms with Crippen LogP contribution in [0.2, 0.25) is 0 Å². The van der Waals surface area contributed by atoms with Crippen molar-refractivity contribution in [1.29, 1.82) is 0 Å². The Hall–Kier alpha value is -3.22. The van der Waals surface area contributed by atoms with Gasteiger partial charge in [0, 0.05) is 13.5 Å². The number of nitrogens with one attached hydrogen (secondary N) is 1. The number of carbonyl (C=O) groups is 1. The monoisotopic (exact) mass is 436 g/mol. The summed E-state index contributed by atoms with van der Waals surface area (Å²) in [5.41, 5.74) is 2.00. The quantitative estimate of drug-likeness (QED) is 0.524. The first kappa shape index (κ1) is 23.4. The zero-order chi connectivity index (χ0) is 23.3. The molecule has 0 amide bonds. The molecule has 1 aromatic carbocycles. The van der Waals surface area contributed by atoms with Gasteiger partial charge in [-0.3, -0.25) is 14.2 Å². The highest BCUT2D eigenvalue weighted by Crippen LogP contribution is 2.24. The molecule has 3 rings (SSSR count). The third kappa shape index (κ3) is 5.52. The van der Waals surface area contributed by atoms with Gasteiger partial charge in [0.1, 0.15) is 22.6 Å². The molecule has 0 saturated heterocycles. The first-order chi connectivity index (χ1) is 15.2. The number of rotatable bonds is 8. The predicted molar refractivity (Wildman–Crippen MR) is 127 cm³/mol. The van der Waals surface area contributed by atoms with Crippen LogP contribution in [0.5, 0.6) is 0 Å². The summed E-state index contributed by atoms with van der Waals surface area (Å²) >= 11 is 0. The number of esters is 1. The molecule has 0 aliphatic heterocycles. The first-order valence-corrected chi connectivity index (χ1v) is 11.1. The number of nitrogens with zero attached hydrogens (tertiary/aromatic N) is 3. The zero-order valence-electron chi connectivity index (χ0n) is 19.5. The second-order valence-electron chi connectivity index (χ2n) is 8.80. The molecule has 0 aliphatic carbocycles.